The largest absolute Gasteiger partial charge is 0.464 e. The van der Waals surface area contributed by atoms with E-state index in [1.807, 2.05) is 0 Å². The number of carbonyl (C=O) groups is 2. The molecular weight excluding hydrogens is 581 g/mol. The number of aryl methyl sites for hydroxylation is 2. The topological polar surface area (TPSA) is 139 Å². The summed E-state index contributed by atoms with van der Waals surface area (Å²) in [7, 11) is -4.40. The molecule has 0 aliphatic heterocycles. The van der Waals surface area contributed by atoms with Crippen LogP contribution in [0.15, 0.2) is 59.8 Å². The Kier molecular flexibility index (Phi) is 7.62. The predicted molar refractivity (Wildman–Crippen MR) is 133 cm³/mol. The summed E-state index contributed by atoms with van der Waals surface area (Å²) in [6.07, 6.45) is -8.93. The van der Waals surface area contributed by atoms with Gasteiger partial charge < -0.3 is 14.9 Å². The van der Waals surface area contributed by atoms with Crippen LogP contribution in [0.5, 0.6) is 11.5 Å². The van der Waals surface area contributed by atoms with Gasteiger partial charge >= 0.3 is 18.4 Å². The molecule has 2 amide bonds. The quantitative estimate of drug-likeness (QED) is 0.236. The Balaban J connectivity index is 1.87. The fourth-order valence-corrected chi connectivity index (χ4v) is 5.25. The van der Waals surface area contributed by atoms with Gasteiger partial charge in [0.1, 0.15) is 5.75 Å². The molecule has 4 rings (SSSR count). The van der Waals surface area contributed by atoms with Gasteiger partial charge in [-0.05, 0) is 37.1 Å². The van der Waals surface area contributed by atoms with Gasteiger partial charge in [0.25, 0.3) is 10.0 Å². The number of rotatable bonds is 7. The van der Waals surface area contributed by atoms with E-state index in [4.69, 9.17) is 14.9 Å². The lowest BCUT2D eigenvalue weighted by molar-refractivity contribution is -0.133. The third-order valence-electron chi connectivity index (χ3n) is 5.79. The molecule has 0 saturated carbocycles. The number of imide groups is 1. The summed E-state index contributed by atoms with van der Waals surface area (Å²) < 4.78 is 102. The second-order valence-electron chi connectivity index (χ2n) is 8.63. The van der Waals surface area contributed by atoms with E-state index in [0.717, 1.165) is 24.0 Å². The highest BCUT2D eigenvalue weighted by Crippen LogP contribution is 2.38. The van der Waals surface area contributed by atoms with E-state index in [0.29, 0.717) is 16.1 Å². The molecule has 0 fully saturated rings. The van der Waals surface area contributed by atoms with E-state index in [9.17, 15) is 40.0 Å². The third kappa shape index (κ3) is 5.91. The maximum atomic E-state index is 14.9. The molecule has 4 aromatic rings. The van der Waals surface area contributed by atoms with Crippen molar-refractivity contribution in [2.75, 3.05) is 4.90 Å². The zero-order valence-corrected chi connectivity index (χ0v) is 21.5. The Labute approximate surface area is 227 Å². The molecule has 0 aliphatic carbocycles. The van der Waals surface area contributed by atoms with Crippen molar-refractivity contribution in [1.82, 2.24) is 8.96 Å². The number of nitrogens with zero attached hydrogens (tertiary/aromatic N) is 3. The molecule has 0 bridgehead atoms. The van der Waals surface area contributed by atoms with Crippen LogP contribution in [0.1, 0.15) is 17.5 Å². The summed E-state index contributed by atoms with van der Waals surface area (Å²) in [5, 5.41) is 17.8. The first-order valence-electron chi connectivity index (χ1n) is 11.4. The maximum Gasteiger partial charge on any atom is 0.421 e. The van der Waals surface area contributed by atoms with Gasteiger partial charge in [0.15, 0.2) is 23.0 Å². The molecule has 16 heteroatoms. The van der Waals surface area contributed by atoms with Crippen LogP contribution in [0.3, 0.4) is 0 Å². The number of anilines is 1. The summed E-state index contributed by atoms with van der Waals surface area (Å²) in [6, 6.07) is 7.35. The molecule has 0 atom stereocenters. The van der Waals surface area contributed by atoms with Gasteiger partial charge in [-0.3, -0.25) is 0 Å². The fraction of sp³-hybridized carbons (Fsp3) is 0.160. The highest BCUT2D eigenvalue weighted by Gasteiger charge is 2.31. The number of pyridine rings is 1. The van der Waals surface area contributed by atoms with Gasteiger partial charge in [0, 0.05) is 30.9 Å². The smallest absolute Gasteiger partial charge is 0.421 e. The third-order valence-corrected chi connectivity index (χ3v) is 7.45. The number of hydrogen-bond acceptors (Lipinski definition) is 6. The van der Waals surface area contributed by atoms with Crippen molar-refractivity contribution >= 4 is 38.9 Å². The highest BCUT2D eigenvalue weighted by molar-refractivity contribution is 7.90. The monoisotopic (exact) mass is 599 g/mol. The van der Waals surface area contributed by atoms with Crippen LogP contribution >= 0.6 is 0 Å². The minimum absolute atomic E-state index is 0.204. The van der Waals surface area contributed by atoms with E-state index in [1.54, 1.807) is 6.92 Å². The van der Waals surface area contributed by atoms with Crippen LogP contribution < -0.4 is 9.64 Å². The number of fused-ring (bicyclic) bond motifs is 1. The average molecular weight is 599 g/mol. The Bertz CT molecular complexity index is 1730. The number of hydrogen-bond donors (Lipinski definition) is 2. The first-order valence-corrected chi connectivity index (χ1v) is 12.8. The number of carboxylic acid groups (broad SMARTS) is 2. The molecule has 2 aromatic carbocycles. The molecule has 2 N–H and O–H groups in total. The molecular formula is C25H18F5N3O7S. The summed E-state index contributed by atoms with van der Waals surface area (Å²) in [6.45, 7) is 1.72. The number of aromatic nitrogens is 2. The molecule has 2 heterocycles. The standard InChI is InChI=1S/C25H18F5N3O7S/c1-13-2-4-16(5-3-13)41(38,39)32-12-14(6-8-25(28,29)30)20-19(7-9-31-22(20)32)40-21-17(26)10-15(11-18(21)27)33(23(34)35)24(36)37/h2-5,7,9-12H,6,8H2,1H3,(H,34,35)(H,36,37). The van der Waals surface area contributed by atoms with Crippen molar-refractivity contribution in [1.29, 1.82) is 0 Å². The normalized spacial score (nSPS) is 12.0. The van der Waals surface area contributed by atoms with Gasteiger partial charge in [0.05, 0.1) is 16.0 Å². The van der Waals surface area contributed by atoms with Gasteiger partial charge in [0.2, 0.25) is 0 Å². The van der Waals surface area contributed by atoms with Crippen LogP contribution in [-0.4, -0.2) is 46.0 Å². The van der Waals surface area contributed by atoms with Gasteiger partial charge in [-0.2, -0.15) is 18.1 Å². The molecule has 0 saturated heterocycles. The highest BCUT2D eigenvalue weighted by atomic mass is 32.2. The lowest BCUT2D eigenvalue weighted by Gasteiger charge is -2.16. The Morgan fingerprint density at radius 3 is 2.15 bits per heavy atom. The summed E-state index contributed by atoms with van der Waals surface area (Å²) in [4.78, 5) is 25.8. The zero-order valence-electron chi connectivity index (χ0n) is 20.7. The van der Waals surface area contributed by atoms with Crippen molar-refractivity contribution in [2.24, 2.45) is 0 Å². The number of amides is 2. The van der Waals surface area contributed by atoms with Crippen LogP contribution in [0, 0.1) is 18.6 Å². The van der Waals surface area contributed by atoms with Crippen molar-refractivity contribution in [3.05, 3.63) is 77.6 Å². The molecule has 216 valence electrons. The Morgan fingerprint density at radius 2 is 1.61 bits per heavy atom. The minimum Gasteiger partial charge on any atom is -0.464 e. The molecule has 0 aliphatic rings. The Morgan fingerprint density at radius 1 is 1.02 bits per heavy atom. The van der Waals surface area contributed by atoms with E-state index in [1.165, 1.54) is 24.3 Å². The minimum atomic E-state index is -4.64. The van der Waals surface area contributed by atoms with Gasteiger partial charge in [-0.1, -0.05) is 17.7 Å². The van der Waals surface area contributed by atoms with Crippen molar-refractivity contribution in [2.45, 2.75) is 30.8 Å². The average Bonchev–Trinajstić information content (AvgIpc) is 3.25. The van der Waals surface area contributed by atoms with Crippen LogP contribution in [0.2, 0.25) is 0 Å². The van der Waals surface area contributed by atoms with Gasteiger partial charge in [-0.15, -0.1) is 0 Å². The number of ether oxygens (including phenoxy) is 1. The fourth-order valence-electron chi connectivity index (χ4n) is 3.91. The second kappa shape index (κ2) is 10.7. The molecule has 2 aromatic heterocycles. The number of halogens is 5. The summed E-state index contributed by atoms with van der Waals surface area (Å²) >= 11 is 0. The predicted octanol–water partition coefficient (Wildman–Crippen LogP) is 6.31. The summed E-state index contributed by atoms with van der Waals surface area (Å²) in [5.74, 6) is -4.74. The van der Waals surface area contributed by atoms with E-state index < -0.39 is 70.0 Å². The molecule has 0 unspecified atom stereocenters. The Hall–Kier alpha value is -4.73. The zero-order chi connectivity index (χ0) is 30.3. The maximum absolute atomic E-state index is 14.9. The first kappa shape index (κ1) is 29.3. The molecule has 41 heavy (non-hydrogen) atoms. The van der Waals surface area contributed by atoms with Crippen molar-refractivity contribution in [3.63, 3.8) is 0 Å². The lowest BCUT2D eigenvalue weighted by Crippen LogP contribution is -2.34. The first-order chi connectivity index (χ1) is 19.1. The molecule has 10 nitrogen and oxygen atoms in total. The lowest BCUT2D eigenvalue weighted by atomic mass is 10.1. The van der Waals surface area contributed by atoms with Crippen LogP contribution in [0.25, 0.3) is 11.0 Å². The van der Waals surface area contributed by atoms with Crippen LogP contribution in [-0.2, 0) is 16.4 Å². The molecule has 0 radical (unpaired) electrons. The SMILES string of the molecule is Cc1ccc(S(=O)(=O)n2cc(CCC(F)(F)F)c3c(Oc4c(F)cc(N(C(=O)O)C(=O)O)cc4F)ccnc32)cc1. The van der Waals surface area contributed by atoms with E-state index >= 15 is 0 Å². The van der Waals surface area contributed by atoms with Gasteiger partial charge in [-0.25, -0.2) is 35.7 Å². The van der Waals surface area contributed by atoms with E-state index in [-0.39, 0.29) is 26.4 Å². The summed E-state index contributed by atoms with van der Waals surface area (Å²) in [5.41, 5.74) is -0.767. The van der Waals surface area contributed by atoms with Crippen molar-refractivity contribution < 1.29 is 54.9 Å². The number of alkyl halides is 3. The van der Waals surface area contributed by atoms with Crippen molar-refractivity contribution in [3.8, 4) is 11.5 Å². The molecule has 0 spiro atoms. The van der Waals surface area contributed by atoms with E-state index in [2.05, 4.69) is 4.98 Å². The van der Waals surface area contributed by atoms with Crippen LogP contribution in [0.4, 0.5) is 37.2 Å². The number of benzene rings is 2. The second-order valence-corrected chi connectivity index (χ2v) is 10.4.